The summed E-state index contributed by atoms with van der Waals surface area (Å²) in [5.74, 6) is 2.03. The standard InChI is InChI=1S/C10H15OS/c1-2-12(9-8-11)10-6-4-3-5-7-10/h3-7,11H,2,8-9H2,1H3/q+1. The van der Waals surface area contributed by atoms with Crippen LogP contribution in [0.3, 0.4) is 0 Å². The van der Waals surface area contributed by atoms with Crippen LogP contribution in [0.2, 0.25) is 0 Å². The van der Waals surface area contributed by atoms with Crippen LogP contribution in [-0.4, -0.2) is 23.2 Å². The van der Waals surface area contributed by atoms with Crippen molar-refractivity contribution in [1.29, 1.82) is 0 Å². The summed E-state index contributed by atoms with van der Waals surface area (Å²) in [6.45, 7) is 2.47. The second-order valence-electron chi connectivity index (χ2n) is 2.52. The van der Waals surface area contributed by atoms with Crippen LogP contribution in [0.4, 0.5) is 0 Å². The highest BCUT2D eigenvalue weighted by molar-refractivity contribution is 7.96. The molecule has 0 radical (unpaired) electrons. The molecule has 0 aromatic heterocycles. The van der Waals surface area contributed by atoms with Crippen molar-refractivity contribution in [3.05, 3.63) is 30.3 Å². The summed E-state index contributed by atoms with van der Waals surface area (Å²) in [5, 5.41) is 8.84. The normalized spacial score (nSPS) is 12.8. The van der Waals surface area contributed by atoms with Crippen LogP contribution < -0.4 is 0 Å². The van der Waals surface area contributed by atoms with Crippen molar-refractivity contribution in [3.63, 3.8) is 0 Å². The summed E-state index contributed by atoms with van der Waals surface area (Å²) < 4.78 is 0. The van der Waals surface area contributed by atoms with E-state index < -0.39 is 0 Å². The predicted molar refractivity (Wildman–Crippen MR) is 54.6 cm³/mol. The first-order valence-corrected chi connectivity index (χ1v) is 5.78. The molecule has 0 bridgehead atoms. The minimum Gasteiger partial charge on any atom is -0.391 e. The Kier molecular flexibility index (Phi) is 4.19. The zero-order valence-corrected chi connectivity index (χ0v) is 8.18. The van der Waals surface area contributed by atoms with Crippen molar-refractivity contribution in [3.8, 4) is 0 Å². The topological polar surface area (TPSA) is 20.2 Å². The van der Waals surface area contributed by atoms with Gasteiger partial charge in [-0.3, -0.25) is 0 Å². The maximum absolute atomic E-state index is 8.84. The number of aliphatic hydroxyl groups excluding tert-OH is 1. The van der Waals surface area contributed by atoms with Gasteiger partial charge >= 0.3 is 0 Å². The van der Waals surface area contributed by atoms with Gasteiger partial charge in [-0.15, -0.1) is 0 Å². The molecule has 1 atom stereocenters. The Morgan fingerprint density at radius 1 is 1.25 bits per heavy atom. The van der Waals surface area contributed by atoms with Crippen LogP contribution in [-0.2, 0) is 10.9 Å². The first-order valence-electron chi connectivity index (χ1n) is 4.22. The molecule has 0 spiro atoms. The SMILES string of the molecule is CC[S+](CCO)c1ccccc1. The Hall–Kier alpha value is -0.470. The van der Waals surface area contributed by atoms with Crippen molar-refractivity contribution in [2.24, 2.45) is 0 Å². The minimum atomic E-state index is 0.255. The van der Waals surface area contributed by atoms with Crippen LogP contribution in [0.25, 0.3) is 0 Å². The molecule has 0 aliphatic rings. The summed E-state index contributed by atoms with van der Waals surface area (Å²) in [6.07, 6.45) is 0. The van der Waals surface area contributed by atoms with E-state index in [1.54, 1.807) is 0 Å². The Morgan fingerprint density at radius 2 is 1.92 bits per heavy atom. The third kappa shape index (κ3) is 2.54. The fourth-order valence-corrected chi connectivity index (χ4v) is 2.77. The second-order valence-corrected chi connectivity index (χ2v) is 4.96. The van der Waals surface area contributed by atoms with Gasteiger partial charge in [0.2, 0.25) is 0 Å². The lowest BCUT2D eigenvalue weighted by Crippen LogP contribution is -2.13. The van der Waals surface area contributed by atoms with Crippen molar-refractivity contribution >= 4 is 10.9 Å². The highest BCUT2D eigenvalue weighted by Crippen LogP contribution is 2.12. The summed E-state index contributed by atoms with van der Waals surface area (Å²) >= 11 is 0. The molecule has 1 unspecified atom stereocenters. The Morgan fingerprint density at radius 3 is 2.42 bits per heavy atom. The van der Waals surface area contributed by atoms with Gasteiger partial charge in [0.15, 0.2) is 4.90 Å². The molecule has 0 aliphatic heterocycles. The molecule has 66 valence electrons. The maximum atomic E-state index is 8.84. The molecular weight excluding hydrogens is 168 g/mol. The first-order chi connectivity index (χ1) is 5.88. The van der Waals surface area contributed by atoms with Crippen LogP contribution in [0.1, 0.15) is 6.92 Å². The van der Waals surface area contributed by atoms with Gasteiger partial charge in [-0.2, -0.15) is 0 Å². The molecule has 0 aliphatic carbocycles. The van der Waals surface area contributed by atoms with Crippen molar-refractivity contribution in [1.82, 2.24) is 0 Å². The predicted octanol–water partition coefficient (Wildman–Crippen LogP) is 1.68. The number of hydrogen-bond acceptors (Lipinski definition) is 1. The molecule has 1 nitrogen and oxygen atoms in total. The van der Waals surface area contributed by atoms with Crippen molar-refractivity contribution in [2.75, 3.05) is 18.1 Å². The molecule has 2 heteroatoms. The molecule has 1 rings (SSSR count). The minimum absolute atomic E-state index is 0.255. The fourth-order valence-electron chi connectivity index (χ4n) is 1.15. The average molecular weight is 183 g/mol. The van der Waals surface area contributed by atoms with Gasteiger partial charge < -0.3 is 5.11 Å². The van der Waals surface area contributed by atoms with E-state index in [0.29, 0.717) is 6.61 Å². The number of rotatable bonds is 4. The zero-order valence-electron chi connectivity index (χ0n) is 7.36. The lowest BCUT2D eigenvalue weighted by atomic mass is 10.4. The van der Waals surface area contributed by atoms with Gasteiger partial charge in [0, 0.05) is 10.9 Å². The van der Waals surface area contributed by atoms with E-state index >= 15 is 0 Å². The molecule has 0 amide bonds. The van der Waals surface area contributed by atoms with E-state index in [2.05, 4.69) is 31.2 Å². The molecule has 0 saturated heterocycles. The van der Waals surface area contributed by atoms with Gasteiger partial charge in [-0.25, -0.2) is 0 Å². The van der Waals surface area contributed by atoms with Crippen LogP contribution in [0, 0.1) is 0 Å². The fraction of sp³-hybridized carbons (Fsp3) is 0.400. The Bertz CT molecular complexity index is 210. The highest BCUT2D eigenvalue weighted by atomic mass is 32.2. The largest absolute Gasteiger partial charge is 0.391 e. The van der Waals surface area contributed by atoms with Crippen LogP contribution >= 0.6 is 0 Å². The molecule has 1 aromatic carbocycles. The number of hydrogen-bond donors (Lipinski definition) is 1. The molecular formula is C10H15OS+. The molecule has 0 heterocycles. The van der Waals surface area contributed by atoms with E-state index in [9.17, 15) is 0 Å². The first kappa shape index (κ1) is 9.62. The van der Waals surface area contributed by atoms with E-state index in [1.165, 1.54) is 4.90 Å². The van der Waals surface area contributed by atoms with Gasteiger partial charge in [0.25, 0.3) is 0 Å². The molecule has 0 fully saturated rings. The Balaban J connectivity index is 2.66. The summed E-state index contributed by atoms with van der Waals surface area (Å²) in [5.41, 5.74) is 0. The lowest BCUT2D eigenvalue weighted by molar-refractivity contribution is 0.322. The van der Waals surface area contributed by atoms with Gasteiger partial charge in [-0.1, -0.05) is 18.2 Å². The second kappa shape index (κ2) is 5.22. The van der Waals surface area contributed by atoms with E-state index in [0.717, 1.165) is 11.5 Å². The Labute approximate surface area is 76.8 Å². The van der Waals surface area contributed by atoms with Gasteiger partial charge in [-0.05, 0) is 19.1 Å². The third-order valence-electron chi connectivity index (χ3n) is 1.76. The summed E-state index contributed by atoms with van der Waals surface area (Å²) in [7, 11) is 0.255. The lowest BCUT2D eigenvalue weighted by Gasteiger charge is -2.02. The molecule has 1 N–H and O–H groups in total. The van der Waals surface area contributed by atoms with Crippen molar-refractivity contribution < 1.29 is 5.11 Å². The monoisotopic (exact) mass is 183 g/mol. The van der Waals surface area contributed by atoms with Gasteiger partial charge in [0.05, 0.1) is 6.61 Å². The smallest absolute Gasteiger partial charge is 0.154 e. The van der Waals surface area contributed by atoms with E-state index in [1.807, 2.05) is 6.07 Å². The third-order valence-corrected chi connectivity index (χ3v) is 4.07. The van der Waals surface area contributed by atoms with Crippen LogP contribution in [0.15, 0.2) is 35.2 Å². The molecule has 12 heavy (non-hydrogen) atoms. The zero-order chi connectivity index (χ0) is 8.81. The summed E-state index contributed by atoms with van der Waals surface area (Å²) in [6, 6.07) is 10.4. The van der Waals surface area contributed by atoms with E-state index in [-0.39, 0.29) is 10.9 Å². The van der Waals surface area contributed by atoms with Gasteiger partial charge in [0.1, 0.15) is 11.5 Å². The summed E-state index contributed by atoms with van der Waals surface area (Å²) in [4.78, 5) is 1.37. The van der Waals surface area contributed by atoms with E-state index in [4.69, 9.17) is 5.11 Å². The highest BCUT2D eigenvalue weighted by Gasteiger charge is 2.16. The molecule has 1 aromatic rings. The number of aliphatic hydroxyl groups is 1. The van der Waals surface area contributed by atoms with Crippen molar-refractivity contribution in [2.45, 2.75) is 11.8 Å². The van der Waals surface area contributed by atoms with Crippen LogP contribution in [0.5, 0.6) is 0 Å². The molecule has 0 saturated carbocycles. The number of benzene rings is 1. The maximum Gasteiger partial charge on any atom is 0.154 e. The average Bonchev–Trinajstić information content (AvgIpc) is 2.15. The quantitative estimate of drug-likeness (QED) is 0.704.